The average molecular weight is 256 g/mol. The fourth-order valence-electron chi connectivity index (χ4n) is 1.93. The SMILES string of the molecule is COC(=O)c1cc(Cl)c(OC)c(C2CC2)c1N. The van der Waals surface area contributed by atoms with Crippen molar-refractivity contribution in [2.24, 2.45) is 0 Å². The van der Waals surface area contributed by atoms with Crippen LogP contribution in [0.15, 0.2) is 6.07 Å². The Morgan fingerprint density at radius 1 is 1.47 bits per heavy atom. The van der Waals surface area contributed by atoms with Gasteiger partial charge in [0.15, 0.2) is 0 Å². The van der Waals surface area contributed by atoms with Crippen molar-refractivity contribution >= 4 is 23.3 Å². The van der Waals surface area contributed by atoms with E-state index in [9.17, 15) is 4.79 Å². The number of anilines is 1. The molecule has 0 atom stereocenters. The highest BCUT2D eigenvalue weighted by molar-refractivity contribution is 6.32. The molecule has 1 aromatic rings. The van der Waals surface area contributed by atoms with E-state index in [2.05, 4.69) is 4.74 Å². The summed E-state index contributed by atoms with van der Waals surface area (Å²) in [6.07, 6.45) is 2.09. The summed E-state index contributed by atoms with van der Waals surface area (Å²) in [6, 6.07) is 1.49. The molecule has 1 aliphatic carbocycles. The number of halogens is 1. The summed E-state index contributed by atoms with van der Waals surface area (Å²) >= 11 is 6.09. The lowest BCUT2D eigenvalue weighted by Crippen LogP contribution is -2.09. The molecule has 0 spiro atoms. The van der Waals surface area contributed by atoms with Gasteiger partial charge in [-0.2, -0.15) is 0 Å². The van der Waals surface area contributed by atoms with Gasteiger partial charge in [0.1, 0.15) is 5.75 Å². The van der Waals surface area contributed by atoms with Gasteiger partial charge in [0.05, 0.1) is 30.5 Å². The van der Waals surface area contributed by atoms with Crippen molar-refractivity contribution in [3.8, 4) is 5.75 Å². The van der Waals surface area contributed by atoms with Crippen LogP contribution in [0.4, 0.5) is 5.69 Å². The summed E-state index contributed by atoms with van der Waals surface area (Å²) in [5.74, 6) is 0.431. The number of hydrogen-bond donors (Lipinski definition) is 1. The highest BCUT2D eigenvalue weighted by Gasteiger charge is 2.32. The number of nitrogen functional groups attached to an aromatic ring is 1. The van der Waals surface area contributed by atoms with E-state index in [0.29, 0.717) is 27.9 Å². The van der Waals surface area contributed by atoms with Crippen LogP contribution in [0.25, 0.3) is 0 Å². The summed E-state index contributed by atoms with van der Waals surface area (Å²) < 4.78 is 9.94. The van der Waals surface area contributed by atoms with E-state index < -0.39 is 5.97 Å². The normalized spacial score (nSPS) is 14.5. The van der Waals surface area contributed by atoms with E-state index in [1.807, 2.05) is 0 Å². The molecule has 4 nitrogen and oxygen atoms in total. The van der Waals surface area contributed by atoms with Crippen LogP contribution in [-0.4, -0.2) is 20.2 Å². The summed E-state index contributed by atoms with van der Waals surface area (Å²) in [5.41, 5.74) is 7.56. The van der Waals surface area contributed by atoms with Crippen LogP contribution >= 0.6 is 11.6 Å². The summed E-state index contributed by atoms with van der Waals surface area (Å²) in [4.78, 5) is 11.6. The Kier molecular flexibility index (Phi) is 3.15. The number of rotatable bonds is 3. The van der Waals surface area contributed by atoms with Crippen LogP contribution in [-0.2, 0) is 4.74 Å². The molecule has 0 heterocycles. The maximum absolute atomic E-state index is 11.6. The molecule has 2 N–H and O–H groups in total. The van der Waals surface area contributed by atoms with Crippen molar-refractivity contribution in [3.63, 3.8) is 0 Å². The second-order valence-corrected chi connectivity index (χ2v) is 4.44. The molecule has 0 aromatic heterocycles. The first kappa shape index (κ1) is 12.0. The molecule has 1 saturated carbocycles. The molecule has 1 aliphatic rings. The zero-order valence-electron chi connectivity index (χ0n) is 9.75. The Bertz CT molecular complexity index is 469. The topological polar surface area (TPSA) is 61.5 Å². The number of nitrogens with two attached hydrogens (primary N) is 1. The van der Waals surface area contributed by atoms with Gasteiger partial charge >= 0.3 is 5.97 Å². The maximum atomic E-state index is 11.6. The van der Waals surface area contributed by atoms with Crippen LogP contribution in [0.5, 0.6) is 5.75 Å². The molecular formula is C12H14ClNO3. The standard InChI is InChI=1S/C12H14ClNO3/c1-16-11-8(13)5-7(12(15)17-2)10(14)9(11)6-3-4-6/h5-6H,3-4,14H2,1-2H3. The molecule has 0 amide bonds. The smallest absolute Gasteiger partial charge is 0.340 e. The third-order valence-corrected chi connectivity index (χ3v) is 3.19. The number of benzene rings is 1. The Labute approximate surface area is 105 Å². The fraction of sp³-hybridized carbons (Fsp3) is 0.417. The molecule has 0 saturated heterocycles. The van der Waals surface area contributed by atoms with Crippen LogP contribution in [0.3, 0.4) is 0 Å². The van der Waals surface area contributed by atoms with Gasteiger partial charge in [0.2, 0.25) is 0 Å². The van der Waals surface area contributed by atoms with Crippen LogP contribution < -0.4 is 10.5 Å². The molecule has 1 aromatic carbocycles. The van der Waals surface area contributed by atoms with Gasteiger partial charge in [-0.1, -0.05) is 11.6 Å². The zero-order valence-corrected chi connectivity index (χ0v) is 10.5. The quantitative estimate of drug-likeness (QED) is 0.666. The molecular weight excluding hydrogens is 242 g/mol. The number of methoxy groups -OCH3 is 2. The lowest BCUT2D eigenvalue weighted by atomic mass is 10.0. The number of carbonyl (C=O) groups is 1. The first-order valence-electron chi connectivity index (χ1n) is 5.34. The minimum Gasteiger partial charge on any atom is -0.495 e. The van der Waals surface area contributed by atoms with E-state index >= 15 is 0 Å². The molecule has 0 radical (unpaired) electrons. The van der Waals surface area contributed by atoms with Crippen molar-refractivity contribution in [3.05, 3.63) is 22.2 Å². The lowest BCUT2D eigenvalue weighted by Gasteiger charge is -2.15. The van der Waals surface area contributed by atoms with Gasteiger partial charge < -0.3 is 15.2 Å². The number of hydrogen-bond acceptors (Lipinski definition) is 4. The molecule has 1 fully saturated rings. The highest BCUT2D eigenvalue weighted by atomic mass is 35.5. The Morgan fingerprint density at radius 2 is 2.12 bits per heavy atom. The van der Waals surface area contributed by atoms with Gasteiger partial charge in [-0.25, -0.2) is 4.79 Å². The molecule has 0 bridgehead atoms. The fourth-order valence-corrected chi connectivity index (χ4v) is 2.22. The first-order chi connectivity index (χ1) is 8.10. The summed E-state index contributed by atoms with van der Waals surface area (Å²) in [7, 11) is 2.86. The third kappa shape index (κ3) is 2.05. The second-order valence-electron chi connectivity index (χ2n) is 4.03. The molecule has 2 rings (SSSR count). The van der Waals surface area contributed by atoms with Crippen molar-refractivity contribution in [1.82, 2.24) is 0 Å². The maximum Gasteiger partial charge on any atom is 0.340 e. The average Bonchev–Trinajstić information content (AvgIpc) is 3.14. The van der Waals surface area contributed by atoms with E-state index in [1.54, 1.807) is 7.11 Å². The van der Waals surface area contributed by atoms with Crippen LogP contribution in [0, 0.1) is 0 Å². The molecule has 92 valence electrons. The van der Waals surface area contributed by atoms with Crippen molar-refractivity contribution in [2.45, 2.75) is 18.8 Å². The van der Waals surface area contributed by atoms with E-state index in [4.69, 9.17) is 22.1 Å². The predicted molar refractivity (Wildman–Crippen MR) is 65.7 cm³/mol. The Balaban J connectivity index is 2.61. The van der Waals surface area contributed by atoms with Crippen molar-refractivity contribution in [1.29, 1.82) is 0 Å². The second kappa shape index (κ2) is 4.45. The van der Waals surface area contributed by atoms with Gasteiger partial charge in [-0.15, -0.1) is 0 Å². The number of esters is 1. The van der Waals surface area contributed by atoms with E-state index in [1.165, 1.54) is 13.2 Å². The summed E-state index contributed by atoms with van der Waals surface area (Å²) in [5, 5.41) is 0.393. The Morgan fingerprint density at radius 3 is 2.59 bits per heavy atom. The molecule has 0 aliphatic heterocycles. The predicted octanol–water partition coefficient (Wildman–Crippen LogP) is 2.59. The van der Waals surface area contributed by atoms with Gasteiger partial charge in [-0.3, -0.25) is 0 Å². The van der Waals surface area contributed by atoms with E-state index in [-0.39, 0.29) is 0 Å². The number of carbonyl (C=O) groups excluding carboxylic acids is 1. The third-order valence-electron chi connectivity index (χ3n) is 2.91. The molecule has 0 unspecified atom stereocenters. The van der Waals surface area contributed by atoms with Gasteiger partial charge in [-0.05, 0) is 24.8 Å². The minimum absolute atomic E-state index is 0.306. The minimum atomic E-state index is -0.478. The Hall–Kier alpha value is -1.42. The number of ether oxygens (including phenoxy) is 2. The zero-order chi connectivity index (χ0) is 12.6. The monoisotopic (exact) mass is 255 g/mol. The summed E-state index contributed by atoms with van der Waals surface area (Å²) in [6.45, 7) is 0. The molecule has 5 heteroatoms. The van der Waals surface area contributed by atoms with Crippen molar-refractivity contribution in [2.75, 3.05) is 20.0 Å². The van der Waals surface area contributed by atoms with Crippen LogP contribution in [0.1, 0.15) is 34.7 Å². The van der Waals surface area contributed by atoms with E-state index in [0.717, 1.165) is 18.4 Å². The lowest BCUT2D eigenvalue weighted by molar-refractivity contribution is 0.0602. The van der Waals surface area contributed by atoms with Gasteiger partial charge in [0, 0.05) is 5.56 Å². The molecule has 17 heavy (non-hydrogen) atoms. The first-order valence-corrected chi connectivity index (χ1v) is 5.72. The highest BCUT2D eigenvalue weighted by Crippen LogP contribution is 2.50. The van der Waals surface area contributed by atoms with Gasteiger partial charge in [0.25, 0.3) is 0 Å². The largest absolute Gasteiger partial charge is 0.495 e. The van der Waals surface area contributed by atoms with Crippen molar-refractivity contribution < 1.29 is 14.3 Å². The van der Waals surface area contributed by atoms with Crippen LogP contribution in [0.2, 0.25) is 5.02 Å².